The summed E-state index contributed by atoms with van der Waals surface area (Å²) in [5.41, 5.74) is 0. The van der Waals surface area contributed by atoms with Gasteiger partial charge in [-0.05, 0) is 6.42 Å². The fraction of sp³-hybridized carbons (Fsp3) is 0.750. The third-order valence-corrected chi connectivity index (χ3v) is 1.33. The second-order valence-corrected chi connectivity index (χ2v) is 2.26. The number of rotatable bonds is 5. The van der Waals surface area contributed by atoms with E-state index >= 15 is 0 Å². The molecule has 0 fully saturated rings. The molecule has 0 rings (SSSR count). The van der Waals surface area contributed by atoms with Crippen LogP contribution in [0.5, 0.6) is 0 Å². The van der Waals surface area contributed by atoms with Gasteiger partial charge < -0.3 is 5.11 Å². The summed E-state index contributed by atoms with van der Waals surface area (Å²) in [7, 11) is 0. The van der Waals surface area contributed by atoms with Crippen molar-refractivity contribution in [3.63, 3.8) is 0 Å². The van der Waals surface area contributed by atoms with Crippen molar-refractivity contribution in [2.24, 2.45) is 0 Å². The van der Waals surface area contributed by atoms with Gasteiger partial charge in [-0.1, -0.05) is 38.8 Å². The van der Waals surface area contributed by atoms with Gasteiger partial charge in [0.1, 0.15) is 0 Å². The highest BCUT2D eigenvalue weighted by Crippen LogP contribution is 2.02. The largest absolute Gasteiger partial charge is 0.389 e. The molecule has 1 radical (unpaired) electrons. The van der Waals surface area contributed by atoms with Crippen molar-refractivity contribution in [2.75, 3.05) is 0 Å². The van der Waals surface area contributed by atoms with E-state index in [0.717, 1.165) is 12.8 Å². The van der Waals surface area contributed by atoms with Crippen molar-refractivity contribution in [3.8, 4) is 0 Å². The Hall–Kier alpha value is -0.300. The van der Waals surface area contributed by atoms with E-state index in [0.29, 0.717) is 0 Å². The summed E-state index contributed by atoms with van der Waals surface area (Å²) in [6.45, 7) is 7.22. The smallest absolute Gasteiger partial charge is 0.0723 e. The molecule has 0 aliphatic rings. The van der Waals surface area contributed by atoms with Crippen LogP contribution in [-0.4, -0.2) is 11.2 Å². The number of aliphatic hydroxyl groups is 1. The standard InChI is InChI=1S/C8H15O/c1-3-5-6-7-8(9)4-2/h2,4,8-9H,3,5-7H2,1H3/t8-/m1/s1. The molecule has 0 bridgehead atoms. The van der Waals surface area contributed by atoms with Crippen molar-refractivity contribution in [3.05, 3.63) is 12.7 Å². The Morgan fingerprint density at radius 2 is 2.22 bits per heavy atom. The van der Waals surface area contributed by atoms with Crippen LogP contribution in [0.15, 0.2) is 6.08 Å². The lowest BCUT2D eigenvalue weighted by Gasteiger charge is -2.01. The highest BCUT2D eigenvalue weighted by molar-refractivity contribution is 4.74. The molecule has 0 saturated carbocycles. The monoisotopic (exact) mass is 127 g/mol. The normalized spacial score (nSPS) is 13.1. The van der Waals surface area contributed by atoms with E-state index in [-0.39, 0.29) is 0 Å². The third-order valence-electron chi connectivity index (χ3n) is 1.33. The Labute approximate surface area is 57.4 Å². The molecule has 0 heterocycles. The van der Waals surface area contributed by atoms with E-state index in [1.54, 1.807) is 0 Å². The van der Waals surface area contributed by atoms with Gasteiger partial charge in [-0.2, -0.15) is 0 Å². The Morgan fingerprint density at radius 3 is 2.67 bits per heavy atom. The maximum Gasteiger partial charge on any atom is 0.0723 e. The van der Waals surface area contributed by atoms with Gasteiger partial charge in [0.2, 0.25) is 0 Å². The summed E-state index contributed by atoms with van der Waals surface area (Å²) in [5.74, 6) is 0. The van der Waals surface area contributed by atoms with Crippen LogP contribution in [0.4, 0.5) is 0 Å². The van der Waals surface area contributed by atoms with Crippen LogP contribution in [0.1, 0.15) is 32.6 Å². The molecule has 1 N–H and O–H groups in total. The lowest BCUT2D eigenvalue weighted by Crippen LogP contribution is -1.99. The van der Waals surface area contributed by atoms with Crippen LogP contribution in [-0.2, 0) is 0 Å². The average Bonchev–Trinajstić information content (AvgIpc) is 1.89. The lowest BCUT2D eigenvalue weighted by atomic mass is 10.1. The number of aliphatic hydroxyl groups excluding tert-OH is 1. The topological polar surface area (TPSA) is 20.2 Å². The summed E-state index contributed by atoms with van der Waals surface area (Å²) in [6, 6.07) is 0. The van der Waals surface area contributed by atoms with Gasteiger partial charge in [0.25, 0.3) is 0 Å². The molecule has 0 saturated heterocycles. The van der Waals surface area contributed by atoms with Crippen LogP contribution in [0.2, 0.25) is 0 Å². The lowest BCUT2D eigenvalue weighted by molar-refractivity contribution is 0.208. The second-order valence-electron chi connectivity index (χ2n) is 2.26. The molecular weight excluding hydrogens is 112 g/mol. The molecular formula is C8H15O. The van der Waals surface area contributed by atoms with Crippen molar-refractivity contribution >= 4 is 0 Å². The Balaban J connectivity index is 2.96. The molecule has 1 atom stereocenters. The van der Waals surface area contributed by atoms with E-state index < -0.39 is 6.10 Å². The van der Waals surface area contributed by atoms with Crippen LogP contribution in [0.25, 0.3) is 0 Å². The molecule has 0 unspecified atom stereocenters. The van der Waals surface area contributed by atoms with Gasteiger partial charge in [0, 0.05) is 0 Å². The zero-order valence-electron chi connectivity index (χ0n) is 6.01. The minimum Gasteiger partial charge on any atom is -0.389 e. The van der Waals surface area contributed by atoms with Crippen LogP contribution in [0.3, 0.4) is 0 Å². The van der Waals surface area contributed by atoms with E-state index in [2.05, 4.69) is 6.92 Å². The fourth-order valence-electron chi connectivity index (χ4n) is 0.700. The first-order valence-corrected chi connectivity index (χ1v) is 3.54. The van der Waals surface area contributed by atoms with Gasteiger partial charge in [0.05, 0.1) is 6.10 Å². The minimum atomic E-state index is -0.392. The molecule has 1 heteroatoms. The van der Waals surface area contributed by atoms with Crippen molar-refractivity contribution in [1.29, 1.82) is 0 Å². The summed E-state index contributed by atoms with van der Waals surface area (Å²) < 4.78 is 0. The van der Waals surface area contributed by atoms with E-state index in [1.807, 2.05) is 0 Å². The second kappa shape index (κ2) is 5.83. The first kappa shape index (κ1) is 8.70. The molecule has 53 valence electrons. The molecule has 0 aromatic carbocycles. The molecule has 0 aliphatic carbocycles. The molecule has 0 amide bonds. The van der Waals surface area contributed by atoms with Crippen LogP contribution in [0, 0.1) is 6.58 Å². The van der Waals surface area contributed by atoms with E-state index in [9.17, 15) is 0 Å². The van der Waals surface area contributed by atoms with Crippen molar-refractivity contribution < 1.29 is 5.11 Å². The highest BCUT2D eigenvalue weighted by Gasteiger charge is 1.94. The van der Waals surface area contributed by atoms with E-state index in [4.69, 9.17) is 11.7 Å². The third kappa shape index (κ3) is 5.57. The van der Waals surface area contributed by atoms with Crippen molar-refractivity contribution in [1.82, 2.24) is 0 Å². The summed E-state index contributed by atoms with van der Waals surface area (Å²) in [4.78, 5) is 0. The molecule has 1 nitrogen and oxygen atoms in total. The van der Waals surface area contributed by atoms with Gasteiger partial charge >= 0.3 is 0 Å². The van der Waals surface area contributed by atoms with Gasteiger partial charge in [-0.15, -0.1) is 0 Å². The minimum absolute atomic E-state index is 0.392. The predicted molar refractivity (Wildman–Crippen MR) is 39.0 cm³/mol. The van der Waals surface area contributed by atoms with E-state index in [1.165, 1.54) is 18.9 Å². The predicted octanol–water partition coefficient (Wildman–Crippen LogP) is 1.92. The first-order chi connectivity index (χ1) is 4.31. The zero-order valence-corrected chi connectivity index (χ0v) is 6.01. The molecule has 0 aromatic rings. The van der Waals surface area contributed by atoms with Crippen LogP contribution >= 0.6 is 0 Å². The Morgan fingerprint density at radius 1 is 1.56 bits per heavy atom. The van der Waals surface area contributed by atoms with Gasteiger partial charge in [0.15, 0.2) is 0 Å². The van der Waals surface area contributed by atoms with Crippen molar-refractivity contribution in [2.45, 2.75) is 38.7 Å². The maximum absolute atomic E-state index is 8.90. The summed E-state index contributed by atoms with van der Waals surface area (Å²) >= 11 is 0. The first-order valence-electron chi connectivity index (χ1n) is 3.54. The summed E-state index contributed by atoms with van der Waals surface area (Å²) in [5, 5.41) is 8.90. The Bertz CT molecular complexity index is 69.0. The summed E-state index contributed by atoms with van der Waals surface area (Å²) in [6.07, 6.45) is 5.21. The van der Waals surface area contributed by atoms with Gasteiger partial charge in [-0.25, -0.2) is 0 Å². The number of hydrogen-bond donors (Lipinski definition) is 1. The zero-order chi connectivity index (χ0) is 7.11. The maximum atomic E-state index is 8.90. The molecule has 0 spiro atoms. The molecule has 0 aliphatic heterocycles. The fourth-order valence-corrected chi connectivity index (χ4v) is 0.700. The SMILES string of the molecule is [CH]=C[C@@H](O)CCCCC. The quantitative estimate of drug-likeness (QED) is 0.559. The molecule has 9 heavy (non-hydrogen) atoms. The number of hydrogen-bond acceptors (Lipinski definition) is 1. The number of unbranched alkanes of at least 4 members (excludes halogenated alkanes) is 2. The Kier molecular flexibility index (Phi) is 5.64. The highest BCUT2D eigenvalue weighted by atomic mass is 16.3. The molecule has 0 aromatic heterocycles. The van der Waals surface area contributed by atoms with Crippen LogP contribution < -0.4 is 0 Å². The van der Waals surface area contributed by atoms with Gasteiger partial charge in [-0.3, -0.25) is 0 Å². The average molecular weight is 127 g/mol.